The molecule has 0 bridgehead atoms. The first-order valence-corrected chi connectivity index (χ1v) is 23.1. The highest BCUT2D eigenvalue weighted by molar-refractivity contribution is 7.26. The van der Waals surface area contributed by atoms with Crippen molar-refractivity contribution in [2.75, 3.05) is 4.90 Å². The Balaban J connectivity index is 1.03. The minimum Gasteiger partial charge on any atom is -0.456 e. The lowest BCUT2D eigenvalue weighted by Gasteiger charge is -2.28. The molecule has 4 heteroatoms. The van der Waals surface area contributed by atoms with E-state index in [1.165, 1.54) is 64.7 Å². The maximum absolute atomic E-state index is 7.12. The zero-order chi connectivity index (χ0) is 42.6. The van der Waals surface area contributed by atoms with Crippen molar-refractivity contribution in [2.45, 2.75) is 38.5 Å². The van der Waals surface area contributed by atoms with Crippen molar-refractivity contribution < 1.29 is 8.83 Å². The van der Waals surface area contributed by atoms with Gasteiger partial charge in [-0.2, -0.15) is 0 Å². The molecule has 304 valence electrons. The highest BCUT2D eigenvalue weighted by Gasteiger charge is 2.37. The van der Waals surface area contributed by atoms with Crippen LogP contribution in [-0.4, -0.2) is 0 Å². The van der Waals surface area contributed by atoms with Crippen molar-refractivity contribution in [3.8, 4) is 33.4 Å². The number of fused-ring (bicyclic) bond motifs is 15. The van der Waals surface area contributed by atoms with E-state index in [4.69, 9.17) is 8.83 Å². The molecule has 0 saturated heterocycles. The van der Waals surface area contributed by atoms with Gasteiger partial charge in [-0.3, -0.25) is 0 Å². The summed E-state index contributed by atoms with van der Waals surface area (Å²) < 4.78 is 16.4. The number of hydrogen-bond acceptors (Lipinski definition) is 4. The van der Waals surface area contributed by atoms with Gasteiger partial charge in [0.1, 0.15) is 22.3 Å². The van der Waals surface area contributed by atoms with Gasteiger partial charge in [-0.15, -0.1) is 11.3 Å². The standard InChI is InChI=1S/C60H41NO2S/c1-59(2)46-19-9-5-14-37(46)39-27-24-34(30-48(39)59)55-56-43-17-7-11-22-51(43)62-53(56)33-45-44-31-35(26-29-52(44)63-57(45)55)61(50-21-13-18-42-41-16-8-12-23-54(41)64-58(42)50)36-25-28-40-38-15-6-10-20-47(38)60(3,4)49(40)32-36/h5-33H,1-4H3. The summed E-state index contributed by atoms with van der Waals surface area (Å²) in [4.78, 5) is 2.47. The Bertz CT molecular complexity index is 3990. The second-order valence-electron chi connectivity index (χ2n) is 18.8. The smallest absolute Gasteiger partial charge is 0.144 e. The Labute approximate surface area is 374 Å². The summed E-state index contributed by atoms with van der Waals surface area (Å²) in [6.07, 6.45) is 0. The molecule has 2 aliphatic carbocycles. The van der Waals surface area contributed by atoms with E-state index in [1.54, 1.807) is 0 Å². The molecule has 0 N–H and O–H groups in total. The average molecular weight is 840 g/mol. The van der Waals surface area contributed by atoms with Crippen molar-refractivity contribution in [2.24, 2.45) is 0 Å². The first-order valence-electron chi connectivity index (χ1n) is 22.2. The number of thiophene rings is 1. The molecule has 3 aromatic heterocycles. The van der Waals surface area contributed by atoms with Crippen molar-refractivity contribution in [1.82, 2.24) is 0 Å². The topological polar surface area (TPSA) is 29.5 Å². The minimum absolute atomic E-state index is 0.146. The van der Waals surface area contributed by atoms with Crippen molar-refractivity contribution in [3.05, 3.63) is 198 Å². The average Bonchev–Trinajstić information content (AvgIpc) is 4.10. The van der Waals surface area contributed by atoms with Crippen molar-refractivity contribution >= 4 is 92.4 Å². The molecule has 0 spiro atoms. The van der Waals surface area contributed by atoms with E-state index in [-0.39, 0.29) is 10.8 Å². The molecule has 9 aromatic carbocycles. The van der Waals surface area contributed by atoms with Crippen LogP contribution in [0.2, 0.25) is 0 Å². The number of rotatable bonds is 4. The minimum atomic E-state index is -0.147. The third-order valence-corrected chi connectivity index (χ3v) is 15.9. The summed E-state index contributed by atoms with van der Waals surface area (Å²) in [5, 5.41) is 6.80. The molecular weight excluding hydrogens is 799 g/mol. The highest BCUT2D eigenvalue weighted by Crippen LogP contribution is 2.54. The number of benzene rings is 9. The molecule has 3 heterocycles. The van der Waals surface area contributed by atoms with Crippen LogP contribution in [0.25, 0.3) is 97.4 Å². The molecule has 0 aliphatic heterocycles. The van der Waals surface area contributed by atoms with E-state index in [1.807, 2.05) is 11.3 Å². The van der Waals surface area contributed by atoms with Gasteiger partial charge in [-0.05, 0) is 111 Å². The summed E-state index contributed by atoms with van der Waals surface area (Å²) >= 11 is 1.86. The number of anilines is 3. The first-order chi connectivity index (χ1) is 31.2. The predicted octanol–water partition coefficient (Wildman–Crippen LogP) is 17.6. The Morgan fingerprint density at radius 2 is 1.03 bits per heavy atom. The van der Waals surface area contributed by atoms with Crippen LogP contribution >= 0.6 is 11.3 Å². The molecule has 0 radical (unpaired) electrons. The number of hydrogen-bond donors (Lipinski definition) is 0. The van der Waals surface area contributed by atoms with E-state index in [0.717, 1.165) is 72.1 Å². The molecule has 3 nitrogen and oxygen atoms in total. The largest absolute Gasteiger partial charge is 0.456 e. The van der Waals surface area contributed by atoms with Gasteiger partial charge >= 0.3 is 0 Å². The van der Waals surface area contributed by atoms with Crippen molar-refractivity contribution in [3.63, 3.8) is 0 Å². The molecule has 12 aromatic rings. The van der Waals surface area contributed by atoms with Crippen molar-refractivity contribution in [1.29, 1.82) is 0 Å². The van der Waals surface area contributed by atoms with Gasteiger partial charge in [0.15, 0.2) is 0 Å². The van der Waals surface area contributed by atoms with E-state index < -0.39 is 0 Å². The SMILES string of the molecule is CC1(C)c2ccccc2-c2ccc(-c3c4oc5ccc(N(c6ccc7c(c6)C(C)(C)c6ccccc6-7)c6cccc7c6sc6ccccc67)cc5c4cc4oc5ccccc5c34)cc21. The van der Waals surface area contributed by atoms with E-state index in [9.17, 15) is 0 Å². The Morgan fingerprint density at radius 3 is 1.83 bits per heavy atom. The lowest BCUT2D eigenvalue weighted by atomic mass is 9.81. The van der Waals surface area contributed by atoms with Gasteiger partial charge < -0.3 is 13.7 Å². The summed E-state index contributed by atoms with van der Waals surface area (Å²) in [5.74, 6) is 0. The zero-order valence-corrected chi connectivity index (χ0v) is 36.7. The monoisotopic (exact) mass is 839 g/mol. The van der Waals surface area contributed by atoms with E-state index in [2.05, 4.69) is 209 Å². The summed E-state index contributed by atoms with van der Waals surface area (Å²) in [7, 11) is 0. The summed E-state index contributed by atoms with van der Waals surface area (Å²) in [5.41, 5.74) is 19.3. The van der Waals surface area contributed by atoms with Crippen LogP contribution in [0.1, 0.15) is 49.9 Å². The molecule has 64 heavy (non-hydrogen) atoms. The molecule has 0 amide bonds. The van der Waals surface area contributed by atoms with Crippen LogP contribution in [0, 0.1) is 0 Å². The fourth-order valence-electron chi connectivity index (χ4n) is 11.5. The van der Waals surface area contributed by atoms with Crippen LogP contribution < -0.4 is 4.90 Å². The molecule has 14 rings (SSSR count). The molecule has 0 unspecified atom stereocenters. The quantitative estimate of drug-likeness (QED) is 0.177. The third kappa shape index (κ3) is 4.76. The van der Waals surface area contributed by atoms with E-state index >= 15 is 0 Å². The first kappa shape index (κ1) is 36.1. The lowest BCUT2D eigenvalue weighted by molar-refractivity contribution is 0.660. The molecule has 0 fully saturated rings. The van der Waals surface area contributed by atoms with Gasteiger partial charge in [0.2, 0.25) is 0 Å². The predicted molar refractivity (Wildman–Crippen MR) is 269 cm³/mol. The highest BCUT2D eigenvalue weighted by atomic mass is 32.1. The summed E-state index contributed by atoms with van der Waals surface area (Å²) in [6, 6.07) is 64.7. The normalized spacial score (nSPS) is 14.5. The Kier molecular flexibility index (Phi) is 7.12. The second kappa shape index (κ2) is 12.6. The zero-order valence-electron chi connectivity index (χ0n) is 35.9. The summed E-state index contributed by atoms with van der Waals surface area (Å²) in [6.45, 7) is 9.41. The van der Waals surface area contributed by atoms with Gasteiger partial charge in [0, 0.05) is 64.8 Å². The van der Waals surface area contributed by atoms with Crippen LogP contribution in [0.15, 0.2) is 185 Å². The van der Waals surface area contributed by atoms with Gasteiger partial charge in [0.25, 0.3) is 0 Å². The second-order valence-corrected chi connectivity index (χ2v) is 19.9. The van der Waals surface area contributed by atoms with Crippen LogP contribution in [0.4, 0.5) is 17.1 Å². The number of nitrogens with zero attached hydrogens (tertiary/aromatic N) is 1. The molecular formula is C60H41NO2S. The molecule has 0 saturated carbocycles. The molecule has 0 atom stereocenters. The maximum Gasteiger partial charge on any atom is 0.144 e. The van der Waals surface area contributed by atoms with Gasteiger partial charge in [-0.25, -0.2) is 0 Å². The Morgan fingerprint density at radius 1 is 0.422 bits per heavy atom. The Hall–Kier alpha value is -7.40. The van der Waals surface area contributed by atoms with Crippen LogP contribution in [0.3, 0.4) is 0 Å². The maximum atomic E-state index is 7.12. The van der Waals surface area contributed by atoms with Gasteiger partial charge in [-0.1, -0.05) is 143 Å². The lowest BCUT2D eigenvalue weighted by Crippen LogP contribution is -2.16. The fraction of sp³-hybridized carbons (Fsp3) is 0.100. The van der Waals surface area contributed by atoms with Gasteiger partial charge in [0.05, 0.1) is 10.4 Å². The third-order valence-electron chi connectivity index (χ3n) is 14.7. The van der Waals surface area contributed by atoms with Crippen LogP contribution in [0.5, 0.6) is 0 Å². The number of furan rings is 2. The fourth-order valence-corrected chi connectivity index (χ4v) is 12.7. The molecule has 2 aliphatic rings. The van der Waals surface area contributed by atoms with Crippen LogP contribution in [-0.2, 0) is 10.8 Å². The van der Waals surface area contributed by atoms with E-state index in [0.29, 0.717) is 0 Å². The number of para-hydroxylation sites is 1.